The summed E-state index contributed by atoms with van der Waals surface area (Å²) in [5, 5.41) is 6.19. The maximum Gasteiger partial charge on any atom is 0.253 e. The number of hydrogen-bond donors (Lipinski definition) is 2. The Morgan fingerprint density at radius 1 is 0.816 bits per heavy atom. The van der Waals surface area contributed by atoms with Crippen LogP contribution in [0.5, 0.6) is 0 Å². The summed E-state index contributed by atoms with van der Waals surface area (Å²) in [4.78, 5) is 28.3. The van der Waals surface area contributed by atoms with Gasteiger partial charge in [-0.3, -0.25) is 9.59 Å². The molecule has 1 heterocycles. The Kier molecular flexibility index (Phi) is 13.2. The number of anilines is 2. The number of rotatable bonds is 17. The molecule has 1 aliphatic heterocycles. The molecule has 1 atom stereocenters. The van der Waals surface area contributed by atoms with Gasteiger partial charge in [0.1, 0.15) is 0 Å². The van der Waals surface area contributed by atoms with Crippen LogP contribution in [0.3, 0.4) is 0 Å². The summed E-state index contributed by atoms with van der Waals surface area (Å²) >= 11 is 0. The van der Waals surface area contributed by atoms with Crippen LogP contribution in [0.4, 0.5) is 11.4 Å². The second-order valence-electron chi connectivity index (χ2n) is 10.9. The van der Waals surface area contributed by atoms with Crippen LogP contribution >= 0.6 is 0 Å². The van der Waals surface area contributed by atoms with Crippen LogP contribution in [0.15, 0.2) is 48.5 Å². The van der Waals surface area contributed by atoms with Crippen LogP contribution in [0, 0.1) is 0 Å². The van der Waals surface area contributed by atoms with E-state index in [2.05, 4.69) is 22.5 Å². The first-order valence-corrected chi connectivity index (χ1v) is 15.1. The minimum absolute atomic E-state index is 0.0267. The molecule has 0 bridgehead atoms. The average molecular weight is 520 g/mol. The third-order valence-corrected chi connectivity index (χ3v) is 7.63. The molecule has 1 unspecified atom stereocenters. The number of carbonyl (C=O) groups is 2. The third-order valence-electron chi connectivity index (χ3n) is 7.63. The largest absolute Gasteiger partial charge is 0.371 e. The van der Waals surface area contributed by atoms with Crippen LogP contribution in [0.25, 0.3) is 0 Å². The number of hydrogen-bond acceptors (Lipinski definition) is 3. The monoisotopic (exact) mass is 519 g/mol. The fraction of sp³-hybridized carbons (Fsp3) is 0.576. The molecule has 2 amide bonds. The molecule has 2 aromatic carbocycles. The van der Waals surface area contributed by atoms with E-state index >= 15 is 0 Å². The molecule has 208 valence electrons. The van der Waals surface area contributed by atoms with Crippen LogP contribution < -0.4 is 15.5 Å². The van der Waals surface area contributed by atoms with Gasteiger partial charge in [0.25, 0.3) is 5.91 Å². The van der Waals surface area contributed by atoms with Gasteiger partial charge in [-0.2, -0.15) is 0 Å². The zero-order chi connectivity index (χ0) is 27.0. The van der Waals surface area contributed by atoms with Crippen molar-refractivity contribution in [3.8, 4) is 0 Å². The predicted molar refractivity (Wildman–Crippen MR) is 160 cm³/mol. The standard InChI is InChI=1S/C33H49N3O2/c1-3-4-5-6-7-8-9-10-11-12-16-21-32(37)35-29-22-23-31(36-24-17-18-25-36)30(26-29)33(38)34-27(2)28-19-14-13-15-20-28/h13-15,19-20,22-23,26-27H,3-12,16-18,21,24-25H2,1-2H3,(H,34,38)(H,35,37). The molecule has 2 N–H and O–H groups in total. The maximum atomic E-state index is 13.4. The van der Waals surface area contributed by atoms with E-state index in [0.29, 0.717) is 17.7 Å². The fourth-order valence-electron chi connectivity index (χ4n) is 5.30. The highest BCUT2D eigenvalue weighted by Crippen LogP contribution is 2.28. The second-order valence-corrected chi connectivity index (χ2v) is 10.9. The van der Waals surface area contributed by atoms with Gasteiger partial charge in [0, 0.05) is 30.9 Å². The van der Waals surface area contributed by atoms with E-state index < -0.39 is 0 Å². The van der Waals surface area contributed by atoms with Crippen molar-refractivity contribution in [1.82, 2.24) is 5.32 Å². The van der Waals surface area contributed by atoms with Gasteiger partial charge in [0.15, 0.2) is 0 Å². The minimum Gasteiger partial charge on any atom is -0.371 e. The van der Waals surface area contributed by atoms with E-state index in [0.717, 1.165) is 50.0 Å². The molecule has 0 aromatic heterocycles. The molecule has 5 nitrogen and oxygen atoms in total. The Balaban J connectivity index is 1.47. The molecular formula is C33H49N3O2. The highest BCUT2D eigenvalue weighted by molar-refractivity contribution is 6.02. The van der Waals surface area contributed by atoms with Crippen LogP contribution in [0.2, 0.25) is 0 Å². The molecule has 1 aliphatic rings. The summed E-state index contributed by atoms with van der Waals surface area (Å²) in [6.07, 6.45) is 16.7. The van der Waals surface area contributed by atoms with E-state index in [-0.39, 0.29) is 17.9 Å². The van der Waals surface area contributed by atoms with E-state index in [4.69, 9.17) is 0 Å². The molecule has 1 fully saturated rings. The third kappa shape index (κ3) is 10.2. The summed E-state index contributed by atoms with van der Waals surface area (Å²) in [7, 11) is 0. The SMILES string of the molecule is CCCCCCCCCCCCCC(=O)Nc1ccc(N2CCCC2)c(C(=O)NC(C)c2ccccc2)c1. The zero-order valence-electron chi connectivity index (χ0n) is 23.8. The van der Waals surface area contributed by atoms with Crippen molar-refractivity contribution < 1.29 is 9.59 Å². The molecule has 0 saturated carbocycles. The van der Waals surface area contributed by atoms with Gasteiger partial charge >= 0.3 is 0 Å². The van der Waals surface area contributed by atoms with Gasteiger partial charge in [-0.1, -0.05) is 101 Å². The van der Waals surface area contributed by atoms with E-state index in [1.807, 2.05) is 55.5 Å². The molecule has 2 aromatic rings. The van der Waals surface area contributed by atoms with E-state index in [9.17, 15) is 9.59 Å². The van der Waals surface area contributed by atoms with Crippen molar-refractivity contribution in [2.45, 2.75) is 110 Å². The highest BCUT2D eigenvalue weighted by Gasteiger charge is 2.22. The molecule has 38 heavy (non-hydrogen) atoms. The first kappa shape index (κ1) is 29.7. The van der Waals surface area contributed by atoms with Gasteiger partial charge in [0.05, 0.1) is 11.6 Å². The Morgan fingerprint density at radius 2 is 1.42 bits per heavy atom. The molecule has 0 aliphatic carbocycles. The number of nitrogens with zero attached hydrogens (tertiary/aromatic N) is 1. The summed E-state index contributed by atoms with van der Waals surface area (Å²) < 4.78 is 0. The summed E-state index contributed by atoms with van der Waals surface area (Å²) in [6, 6.07) is 15.7. The molecular weight excluding hydrogens is 470 g/mol. The Bertz CT molecular complexity index is 969. The minimum atomic E-state index is -0.107. The number of amides is 2. The quantitative estimate of drug-likeness (QED) is 0.206. The number of carbonyl (C=O) groups excluding carboxylic acids is 2. The first-order valence-electron chi connectivity index (χ1n) is 15.1. The predicted octanol–water partition coefficient (Wildman–Crippen LogP) is 8.42. The summed E-state index contributed by atoms with van der Waals surface area (Å²) in [6.45, 7) is 6.18. The Labute approximate surface area is 230 Å². The van der Waals surface area contributed by atoms with Crippen LogP contribution in [0.1, 0.15) is 126 Å². The number of benzene rings is 2. The fourth-order valence-corrected chi connectivity index (χ4v) is 5.30. The topological polar surface area (TPSA) is 61.4 Å². The second kappa shape index (κ2) is 16.9. The number of nitrogens with one attached hydrogen (secondary N) is 2. The van der Waals surface area contributed by atoms with Gasteiger partial charge in [-0.15, -0.1) is 0 Å². The smallest absolute Gasteiger partial charge is 0.253 e. The zero-order valence-corrected chi connectivity index (χ0v) is 23.8. The molecule has 0 spiro atoms. The Morgan fingerprint density at radius 3 is 2.05 bits per heavy atom. The van der Waals surface area contributed by atoms with Crippen molar-refractivity contribution >= 4 is 23.2 Å². The first-order chi connectivity index (χ1) is 18.6. The summed E-state index contributed by atoms with van der Waals surface area (Å²) in [5.74, 6) is -0.0800. The normalized spacial score (nSPS) is 13.9. The lowest BCUT2D eigenvalue weighted by molar-refractivity contribution is -0.116. The van der Waals surface area contributed by atoms with Crippen LogP contribution in [-0.2, 0) is 4.79 Å². The molecule has 0 radical (unpaired) electrons. The molecule has 3 rings (SSSR count). The summed E-state index contributed by atoms with van der Waals surface area (Å²) in [5.41, 5.74) is 3.34. The van der Waals surface area contributed by atoms with Gasteiger partial charge < -0.3 is 15.5 Å². The highest BCUT2D eigenvalue weighted by atomic mass is 16.2. The maximum absolute atomic E-state index is 13.4. The van der Waals surface area contributed by atoms with Crippen molar-refractivity contribution in [2.24, 2.45) is 0 Å². The number of unbranched alkanes of at least 4 members (excludes halogenated alkanes) is 10. The van der Waals surface area contributed by atoms with Gasteiger partial charge in [-0.25, -0.2) is 0 Å². The Hall–Kier alpha value is -2.82. The van der Waals surface area contributed by atoms with Crippen LogP contribution in [-0.4, -0.2) is 24.9 Å². The lowest BCUT2D eigenvalue weighted by Gasteiger charge is -2.23. The van der Waals surface area contributed by atoms with E-state index in [1.165, 1.54) is 57.8 Å². The van der Waals surface area contributed by atoms with Gasteiger partial charge in [0.2, 0.25) is 5.91 Å². The van der Waals surface area contributed by atoms with Crippen molar-refractivity contribution in [1.29, 1.82) is 0 Å². The van der Waals surface area contributed by atoms with Gasteiger partial charge in [-0.05, 0) is 49.9 Å². The lowest BCUT2D eigenvalue weighted by atomic mass is 10.0. The van der Waals surface area contributed by atoms with Crippen molar-refractivity contribution in [2.75, 3.05) is 23.3 Å². The van der Waals surface area contributed by atoms with Crippen molar-refractivity contribution in [3.05, 3.63) is 59.7 Å². The molecule has 5 heteroatoms. The van der Waals surface area contributed by atoms with E-state index in [1.54, 1.807) is 0 Å². The lowest BCUT2D eigenvalue weighted by Crippen LogP contribution is -2.29. The average Bonchev–Trinajstić information content (AvgIpc) is 3.47. The molecule has 1 saturated heterocycles. The van der Waals surface area contributed by atoms with Crippen molar-refractivity contribution in [3.63, 3.8) is 0 Å².